The van der Waals surface area contributed by atoms with E-state index in [1.165, 1.54) is 0 Å². The number of aromatic nitrogens is 6. The van der Waals surface area contributed by atoms with Gasteiger partial charge in [0, 0.05) is 37.0 Å². The minimum Gasteiger partial charge on any atom is -0.462 e. The lowest BCUT2D eigenvalue weighted by molar-refractivity contribution is 0.0525. The van der Waals surface area contributed by atoms with Gasteiger partial charge in [0.25, 0.3) is 0 Å². The zero-order valence-corrected chi connectivity index (χ0v) is 19.0. The van der Waals surface area contributed by atoms with Gasteiger partial charge in [0.2, 0.25) is 11.7 Å². The molecule has 0 amide bonds. The first-order valence-corrected chi connectivity index (χ1v) is 11.0. The van der Waals surface area contributed by atoms with Gasteiger partial charge in [-0.2, -0.15) is 4.98 Å². The summed E-state index contributed by atoms with van der Waals surface area (Å²) in [5.41, 5.74) is 3.16. The Kier molecular flexibility index (Phi) is 5.62. The summed E-state index contributed by atoms with van der Waals surface area (Å²) in [6.07, 6.45) is 2.39. The van der Waals surface area contributed by atoms with Crippen LogP contribution in [-0.2, 0) is 11.2 Å². The molecule has 1 aromatic carbocycles. The normalized spacial score (nSPS) is 11.3. The van der Waals surface area contributed by atoms with Gasteiger partial charge in [-0.1, -0.05) is 17.3 Å². The standard InChI is InChI=1S/C24H23N7O3/c1-4-33-24(32)17-12-19-23(27-13(17)2)30-20(29-19)8-10-26-22-18-11-16(21-28-14(3)34-31-21)6-5-15(18)7-9-25-22/h5-7,9,11-12H,4,8,10H2,1-3H3,(H,25,26)(H,27,29,30). The fourth-order valence-electron chi connectivity index (χ4n) is 3.78. The number of H-pyrrole nitrogens is 1. The van der Waals surface area contributed by atoms with Crippen molar-refractivity contribution in [3.05, 3.63) is 59.5 Å². The molecule has 0 aliphatic rings. The number of aryl methyl sites for hydroxylation is 2. The van der Waals surface area contributed by atoms with E-state index >= 15 is 0 Å². The van der Waals surface area contributed by atoms with Crippen molar-refractivity contribution >= 4 is 33.7 Å². The topological polar surface area (TPSA) is 132 Å². The van der Waals surface area contributed by atoms with Crippen molar-refractivity contribution in [3.63, 3.8) is 0 Å². The molecule has 0 spiro atoms. The minimum atomic E-state index is -0.391. The number of anilines is 1. The molecule has 0 radical (unpaired) electrons. The van der Waals surface area contributed by atoms with E-state index in [0.29, 0.717) is 53.7 Å². The largest absolute Gasteiger partial charge is 0.462 e. The summed E-state index contributed by atoms with van der Waals surface area (Å²) in [7, 11) is 0. The lowest BCUT2D eigenvalue weighted by Gasteiger charge is -2.09. The van der Waals surface area contributed by atoms with E-state index in [1.54, 1.807) is 33.0 Å². The Morgan fingerprint density at radius 1 is 1.15 bits per heavy atom. The Balaban J connectivity index is 1.34. The summed E-state index contributed by atoms with van der Waals surface area (Å²) in [5.74, 6) is 2.19. The number of nitrogens with one attached hydrogen (secondary N) is 2. The van der Waals surface area contributed by atoms with Gasteiger partial charge in [-0.3, -0.25) is 0 Å². The number of carbonyl (C=O) groups excluding carboxylic acids is 1. The molecule has 2 N–H and O–H groups in total. The van der Waals surface area contributed by atoms with E-state index in [1.807, 2.05) is 24.3 Å². The molecule has 0 unspecified atom stereocenters. The molecule has 0 atom stereocenters. The molecule has 4 heterocycles. The first-order chi connectivity index (χ1) is 16.5. The van der Waals surface area contributed by atoms with Crippen LogP contribution >= 0.6 is 0 Å². The number of benzene rings is 1. The third-order valence-corrected chi connectivity index (χ3v) is 5.41. The Morgan fingerprint density at radius 3 is 2.82 bits per heavy atom. The van der Waals surface area contributed by atoms with Crippen LogP contribution < -0.4 is 5.32 Å². The van der Waals surface area contributed by atoms with E-state index in [2.05, 4.69) is 35.4 Å². The molecule has 0 saturated carbocycles. The number of imidazole rings is 1. The Labute approximate surface area is 194 Å². The molecular weight excluding hydrogens is 434 g/mol. The van der Waals surface area contributed by atoms with Crippen LogP contribution in [-0.4, -0.2) is 49.2 Å². The zero-order valence-electron chi connectivity index (χ0n) is 19.0. The van der Waals surface area contributed by atoms with Crippen LogP contribution in [0.3, 0.4) is 0 Å². The van der Waals surface area contributed by atoms with E-state index < -0.39 is 5.97 Å². The number of esters is 1. The van der Waals surface area contributed by atoms with E-state index in [4.69, 9.17) is 9.26 Å². The van der Waals surface area contributed by atoms with Crippen molar-refractivity contribution in [3.8, 4) is 11.4 Å². The maximum atomic E-state index is 12.1. The van der Waals surface area contributed by atoms with E-state index in [-0.39, 0.29) is 0 Å². The average molecular weight is 457 g/mol. The number of fused-ring (bicyclic) bond motifs is 2. The monoisotopic (exact) mass is 457 g/mol. The Morgan fingerprint density at radius 2 is 2.03 bits per heavy atom. The van der Waals surface area contributed by atoms with E-state index in [9.17, 15) is 4.79 Å². The highest BCUT2D eigenvalue weighted by Crippen LogP contribution is 2.26. The summed E-state index contributed by atoms with van der Waals surface area (Å²) < 4.78 is 10.2. The Bertz CT molecular complexity index is 1510. The lowest BCUT2D eigenvalue weighted by atomic mass is 10.1. The summed E-state index contributed by atoms with van der Waals surface area (Å²) in [5, 5.41) is 9.41. The predicted octanol–water partition coefficient (Wildman–Crippen LogP) is 4.00. The van der Waals surface area contributed by atoms with Crippen LogP contribution in [0.2, 0.25) is 0 Å². The minimum absolute atomic E-state index is 0.312. The van der Waals surface area contributed by atoms with Crippen LogP contribution in [0.15, 0.2) is 41.1 Å². The highest BCUT2D eigenvalue weighted by atomic mass is 16.5. The molecule has 0 bridgehead atoms. The predicted molar refractivity (Wildman–Crippen MR) is 127 cm³/mol. The molecule has 34 heavy (non-hydrogen) atoms. The van der Waals surface area contributed by atoms with E-state index in [0.717, 1.165) is 28.0 Å². The second kappa shape index (κ2) is 8.89. The second-order valence-electron chi connectivity index (χ2n) is 7.80. The molecule has 10 heteroatoms. The van der Waals surface area contributed by atoms with Crippen LogP contribution in [0.1, 0.15) is 34.7 Å². The second-order valence-corrected chi connectivity index (χ2v) is 7.80. The van der Waals surface area contributed by atoms with Gasteiger partial charge in [0.1, 0.15) is 17.2 Å². The third kappa shape index (κ3) is 4.17. The van der Waals surface area contributed by atoms with Crippen molar-refractivity contribution in [1.82, 2.24) is 30.1 Å². The van der Waals surface area contributed by atoms with Crippen molar-refractivity contribution < 1.29 is 14.1 Å². The van der Waals surface area contributed by atoms with Gasteiger partial charge in [-0.15, -0.1) is 0 Å². The summed E-state index contributed by atoms with van der Waals surface area (Å²) in [4.78, 5) is 33.3. The molecule has 5 rings (SSSR count). The fraction of sp³-hybridized carbons (Fsp3) is 0.250. The van der Waals surface area contributed by atoms with Gasteiger partial charge in [0.15, 0.2) is 5.65 Å². The van der Waals surface area contributed by atoms with Crippen molar-refractivity contribution in [2.75, 3.05) is 18.5 Å². The molecular formula is C24H23N7O3. The highest BCUT2D eigenvalue weighted by Gasteiger charge is 2.15. The van der Waals surface area contributed by atoms with Gasteiger partial charge in [-0.25, -0.2) is 19.7 Å². The Hall–Kier alpha value is -4.34. The molecule has 0 aliphatic carbocycles. The fourth-order valence-corrected chi connectivity index (χ4v) is 3.78. The highest BCUT2D eigenvalue weighted by molar-refractivity contribution is 5.95. The first kappa shape index (κ1) is 21.5. The molecule has 172 valence electrons. The van der Waals surface area contributed by atoms with Crippen molar-refractivity contribution in [2.45, 2.75) is 27.2 Å². The smallest absolute Gasteiger partial charge is 0.340 e. The van der Waals surface area contributed by atoms with Gasteiger partial charge in [-0.05, 0) is 37.4 Å². The number of aromatic amines is 1. The molecule has 10 nitrogen and oxygen atoms in total. The number of rotatable bonds is 7. The number of carbonyl (C=O) groups is 1. The lowest BCUT2D eigenvalue weighted by Crippen LogP contribution is -2.07. The molecule has 0 saturated heterocycles. The summed E-state index contributed by atoms with van der Waals surface area (Å²) >= 11 is 0. The van der Waals surface area contributed by atoms with Crippen molar-refractivity contribution in [2.24, 2.45) is 0 Å². The third-order valence-electron chi connectivity index (χ3n) is 5.41. The van der Waals surface area contributed by atoms with Gasteiger partial charge >= 0.3 is 5.97 Å². The molecule has 0 fully saturated rings. The van der Waals surface area contributed by atoms with Crippen LogP contribution in [0.5, 0.6) is 0 Å². The maximum Gasteiger partial charge on any atom is 0.340 e. The summed E-state index contributed by atoms with van der Waals surface area (Å²) in [6, 6.07) is 9.65. The average Bonchev–Trinajstić information content (AvgIpc) is 3.44. The molecule has 4 aromatic heterocycles. The maximum absolute atomic E-state index is 12.1. The van der Waals surface area contributed by atoms with Crippen LogP contribution in [0.25, 0.3) is 33.3 Å². The number of hydrogen-bond acceptors (Lipinski definition) is 9. The quantitative estimate of drug-likeness (QED) is 0.348. The molecule has 0 aliphatic heterocycles. The van der Waals surface area contributed by atoms with Gasteiger partial charge < -0.3 is 19.6 Å². The number of ether oxygens (including phenoxy) is 1. The number of pyridine rings is 2. The zero-order chi connectivity index (χ0) is 23.7. The first-order valence-electron chi connectivity index (χ1n) is 11.0. The van der Waals surface area contributed by atoms with Crippen LogP contribution in [0, 0.1) is 13.8 Å². The van der Waals surface area contributed by atoms with Crippen molar-refractivity contribution in [1.29, 1.82) is 0 Å². The molecule has 5 aromatic rings. The van der Waals surface area contributed by atoms with Crippen LogP contribution in [0.4, 0.5) is 5.82 Å². The summed E-state index contributed by atoms with van der Waals surface area (Å²) in [6.45, 7) is 6.23. The number of hydrogen-bond donors (Lipinski definition) is 2. The number of nitrogens with zero attached hydrogens (tertiary/aromatic N) is 5. The van der Waals surface area contributed by atoms with Gasteiger partial charge in [0.05, 0.1) is 17.9 Å². The SMILES string of the molecule is CCOC(=O)c1cc2nc(CCNc3nccc4ccc(-c5noc(C)n5)cc34)[nH]c2nc1C.